The second kappa shape index (κ2) is 17.0. The van der Waals surface area contributed by atoms with Crippen LogP contribution in [0.4, 0.5) is 0 Å². The summed E-state index contributed by atoms with van der Waals surface area (Å²) in [6.07, 6.45) is 3.71. The maximum absolute atomic E-state index is 5.38. The van der Waals surface area contributed by atoms with Crippen LogP contribution in [-0.4, -0.2) is 24.9 Å². The van der Waals surface area contributed by atoms with Gasteiger partial charge in [0.15, 0.2) is 11.6 Å². The van der Waals surface area contributed by atoms with E-state index >= 15 is 0 Å². The Balaban J connectivity index is 1.15. The maximum atomic E-state index is 5.38. The van der Waals surface area contributed by atoms with Crippen LogP contribution in [0.2, 0.25) is 0 Å². The molecule has 0 bridgehead atoms. The zero-order chi connectivity index (χ0) is 42.7. The van der Waals surface area contributed by atoms with Crippen molar-refractivity contribution in [2.45, 2.75) is 0 Å². The lowest BCUT2D eigenvalue weighted by Crippen LogP contribution is -1.99. The van der Waals surface area contributed by atoms with E-state index in [1.165, 1.54) is 5.39 Å². The van der Waals surface area contributed by atoms with E-state index in [4.69, 9.17) is 19.9 Å². The van der Waals surface area contributed by atoms with Gasteiger partial charge >= 0.3 is 0 Å². The van der Waals surface area contributed by atoms with Gasteiger partial charge in [0.1, 0.15) is 0 Å². The topological polar surface area (TPSA) is 64.5 Å². The molecule has 300 valence electrons. The second-order valence-electron chi connectivity index (χ2n) is 15.6. The zero-order valence-electron chi connectivity index (χ0n) is 34.8. The highest BCUT2D eigenvalue weighted by Gasteiger charge is 2.22. The summed E-state index contributed by atoms with van der Waals surface area (Å²) in [6.45, 7) is 0. The fourth-order valence-electron chi connectivity index (χ4n) is 8.56. The number of benzene rings is 8. The van der Waals surface area contributed by atoms with Gasteiger partial charge in [0, 0.05) is 45.8 Å². The Hall–Kier alpha value is -8.67. The average molecular weight is 818 g/mol. The zero-order valence-corrected chi connectivity index (χ0v) is 34.8. The van der Waals surface area contributed by atoms with Crippen molar-refractivity contribution >= 4 is 10.8 Å². The van der Waals surface area contributed by atoms with E-state index < -0.39 is 0 Å². The summed E-state index contributed by atoms with van der Waals surface area (Å²) in [5.41, 5.74) is 15.7. The van der Waals surface area contributed by atoms with Crippen molar-refractivity contribution in [3.63, 3.8) is 0 Å². The summed E-state index contributed by atoms with van der Waals surface area (Å²) >= 11 is 0. The molecule has 0 radical (unpaired) electrons. The predicted molar refractivity (Wildman–Crippen MR) is 262 cm³/mol. The lowest BCUT2D eigenvalue weighted by atomic mass is 9.83. The molecule has 3 aromatic heterocycles. The van der Waals surface area contributed by atoms with Crippen LogP contribution in [0.25, 0.3) is 112 Å². The lowest BCUT2D eigenvalue weighted by molar-refractivity contribution is 1.18. The average Bonchev–Trinajstić information content (AvgIpc) is 3.39. The van der Waals surface area contributed by atoms with Gasteiger partial charge in [-0.05, 0) is 74.5 Å². The highest BCUT2D eigenvalue weighted by atomic mass is 14.9. The molecule has 0 aliphatic rings. The van der Waals surface area contributed by atoms with Crippen LogP contribution in [0.1, 0.15) is 0 Å². The Morgan fingerprint density at radius 3 is 1.31 bits per heavy atom. The number of pyridine rings is 1. The van der Waals surface area contributed by atoms with Gasteiger partial charge in [0.25, 0.3) is 0 Å². The molecule has 64 heavy (non-hydrogen) atoms. The monoisotopic (exact) mass is 817 g/mol. The maximum Gasteiger partial charge on any atom is 0.160 e. The van der Waals surface area contributed by atoms with Crippen molar-refractivity contribution in [3.8, 4) is 101 Å². The molecule has 0 aliphatic heterocycles. The van der Waals surface area contributed by atoms with Crippen molar-refractivity contribution in [3.05, 3.63) is 237 Å². The predicted octanol–water partition coefficient (Wildman–Crippen LogP) is 14.8. The number of aromatic nitrogens is 5. The molecule has 5 heteroatoms. The number of hydrogen-bond donors (Lipinski definition) is 0. The Labute approximate surface area is 372 Å². The smallest absolute Gasteiger partial charge is 0.160 e. The number of rotatable bonds is 9. The minimum Gasteiger partial charge on any atom is -0.265 e. The third kappa shape index (κ3) is 7.52. The standard InChI is InChI=1S/C59H39N5/c1-4-18-42(19-5-1)53-39-56(63-58(61-53)44-22-8-3-9-23-44)50-27-14-15-28-52(50)57-47(41-33-35-60-36-34-41)29-16-30-51(57)48-25-12-13-26-49(48)55-38-54(43-20-6-2-7-21-43)62-59(64-55)46-32-31-40-17-10-11-24-45(40)37-46/h1-39H. The summed E-state index contributed by atoms with van der Waals surface area (Å²) in [5.74, 6) is 1.33. The first-order valence-corrected chi connectivity index (χ1v) is 21.4. The van der Waals surface area contributed by atoms with Gasteiger partial charge in [-0.25, -0.2) is 19.9 Å². The first-order valence-electron chi connectivity index (χ1n) is 21.4. The van der Waals surface area contributed by atoms with Crippen LogP contribution >= 0.6 is 0 Å². The Morgan fingerprint density at radius 1 is 0.234 bits per heavy atom. The molecule has 8 aromatic carbocycles. The summed E-state index contributed by atoms with van der Waals surface area (Å²) in [4.78, 5) is 25.4. The van der Waals surface area contributed by atoms with Gasteiger partial charge in [-0.15, -0.1) is 0 Å². The van der Waals surface area contributed by atoms with Gasteiger partial charge < -0.3 is 0 Å². The SMILES string of the molecule is c1ccc(-c2cc(-c3ccccc3-c3cccc(-c4ccncc4)c3-c3ccccc3-c3cc(-c4ccccc4)nc(-c4ccccc4)n3)nc(-c3ccc4ccccc4c3)n2)cc1. The van der Waals surface area contributed by atoms with Gasteiger partial charge in [-0.1, -0.05) is 194 Å². The normalized spacial score (nSPS) is 11.1. The molecule has 11 aromatic rings. The van der Waals surface area contributed by atoms with Crippen LogP contribution in [0, 0.1) is 0 Å². The van der Waals surface area contributed by atoms with E-state index in [-0.39, 0.29) is 0 Å². The van der Waals surface area contributed by atoms with Gasteiger partial charge in [-0.2, -0.15) is 0 Å². The molecule has 0 spiro atoms. The molecule has 0 unspecified atom stereocenters. The van der Waals surface area contributed by atoms with Gasteiger partial charge in [-0.3, -0.25) is 4.98 Å². The number of hydrogen-bond acceptors (Lipinski definition) is 5. The number of fused-ring (bicyclic) bond motifs is 1. The van der Waals surface area contributed by atoms with Crippen LogP contribution in [0.5, 0.6) is 0 Å². The van der Waals surface area contributed by atoms with E-state index in [9.17, 15) is 0 Å². The van der Waals surface area contributed by atoms with Crippen molar-refractivity contribution < 1.29 is 0 Å². The molecule has 0 amide bonds. The molecule has 0 N–H and O–H groups in total. The Morgan fingerprint density at radius 2 is 0.688 bits per heavy atom. The third-order valence-electron chi connectivity index (χ3n) is 11.7. The van der Waals surface area contributed by atoms with Gasteiger partial charge in [0.05, 0.1) is 22.8 Å². The minimum absolute atomic E-state index is 0.667. The van der Waals surface area contributed by atoms with Crippen LogP contribution < -0.4 is 0 Å². The lowest BCUT2D eigenvalue weighted by Gasteiger charge is -2.21. The summed E-state index contributed by atoms with van der Waals surface area (Å²) in [7, 11) is 0. The van der Waals surface area contributed by atoms with E-state index in [1.54, 1.807) is 0 Å². The van der Waals surface area contributed by atoms with Crippen LogP contribution in [0.15, 0.2) is 237 Å². The molecule has 0 atom stereocenters. The fourth-order valence-corrected chi connectivity index (χ4v) is 8.56. The van der Waals surface area contributed by atoms with Crippen molar-refractivity contribution in [2.75, 3.05) is 0 Å². The molecule has 0 saturated heterocycles. The summed E-state index contributed by atoms with van der Waals surface area (Å²) < 4.78 is 0. The fraction of sp³-hybridized carbons (Fsp3) is 0. The van der Waals surface area contributed by atoms with E-state index in [0.29, 0.717) is 11.6 Å². The van der Waals surface area contributed by atoms with Crippen LogP contribution in [0.3, 0.4) is 0 Å². The van der Waals surface area contributed by atoms with E-state index in [0.717, 1.165) is 94.9 Å². The molecule has 3 heterocycles. The molecule has 0 aliphatic carbocycles. The molecular weight excluding hydrogens is 779 g/mol. The van der Waals surface area contributed by atoms with E-state index in [1.807, 2.05) is 54.9 Å². The van der Waals surface area contributed by atoms with Gasteiger partial charge in [0.2, 0.25) is 0 Å². The summed E-state index contributed by atoms with van der Waals surface area (Å²) in [6, 6.07) is 77.9. The molecule has 5 nitrogen and oxygen atoms in total. The van der Waals surface area contributed by atoms with Crippen molar-refractivity contribution in [1.82, 2.24) is 24.9 Å². The van der Waals surface area contributed by atoms with Crippen molar-refractivity contribution in [2.24, 2.45) is 0 Å². The van der Waals surface area contributed by atoms with Crippen molar-refractivity contribution in [1.29, 1.82) is 0 Å². The first-order chi connectivity index (χ1) is 31.7. The minimum atomic E-state index is 0.667. The Bertz CT molecular complexity index is 3370. The van der Waals surface area contributed by atoms with Crippen LogP contribution in [-0.2, 0) is 0 Å². The third-order valence-corrected chi connectivity index (χ3v) is 11.7. The molecular formula is C59H39N5. The Kier molecular flexibility index (Phi) is 10.2. The second-order valence-corrected chi connectivity index (χ2v) is 15.6. The first kappa shape index (κ1) is 38.3. The highest BCUT2D eigenvalue weighted by Crippen LogP contribution is 2.46. The largest absolute Gasteiger partial charge is 0.265 e. The van der Waals surface area contributed by atoms with E-state index in [2.05, 4.69) is 187 Å². The molecule has 0 saturated carbocycles. The molecule has 11 rings (SSSR count). The number of nitrogens with zero attached hydrogens (tertiary/aromatic N) is 5. The quantitative estimate of drug-likeness (QED) is 0.145. The molecule has 0 fully saturated rings. The summed E-state index contributed by atoms with van der Waals surface area (Å²) in [5, 5.41) is 2.31. The highest BCUT2D eigenvalue weighted by molar-refractivity contribution is 6.02.